The molecule has 20 heavy (non-hydrogen) atoms. The lowest BCUT2D eigenvalue weighted by atomic mass is 10.6. The maximum atomic E-state index is 12.9. The van der Waals surface area contributed by atoms with Gasteiger partial charge in [-0.2, -0.15) is 24.9 Å². The fourth-order valence-corrected chi connectivity index (χ4v) is 1.99. The predicted molar refractivity (Wildman–Crippen MR) is 58.8 cm³/mol. The maximum Gasteiger partial charge on any atom is 0.415 e. The van der Waals surface area contributed by atoms with Gasteiger partial charge < -0.3 is 19.5 Å². The Morgan fingerprint density at radius 1 is 1.50 bits per heavy atom. The van der Waals surface area contributed by atoms with E-state index in [2.05, 4.69) is 14.1 Å². The first kappa shape index (κ1) is 17.4. The second-order valence-electron chi connectivity index (χ2n) is 3.18. The van der Waals surface area contributed by atoms with Gasteiger partial charge in [0.15, 0.2) is 6.61 Å². The molecule has 12 heteroatoms. The van der Waals surface area contributed by atoms with Crippen LogP contribution in [0, 0.1) is 0 Å². The van der Waals surface area contributed by atoms with E-state index in [1.807, 2.05) is 0 Å². The molecule has 1 saturated heterocycles. The molecule has 0 bridgehead atoms. The number of hydrogen-bond donors (Lipinski definition) is 0. The highest BCUT2D eigenvalue weighted by Crippen LogP contribution is 2.30. The van der Waals surface area contributed by atoms with Crippen molar-refractivity contribution in [2.75, 3.05) is 24.7 Å². The molecule has 0 amide bonds. The molecule has 0 saturated carbocycles. The molecule has 1 atom stereocenters. The molecule has 0 aromatic heterocycles. The average Bonchev–Trinajstić information content (AvgIpc) is 2.43. The van der Waals surface area contributed by atoms with Crippen LogP contribution in [0.15, 0.2) is 0 Å². The van der Waals surface area contributed by atoms with Gasteiger partial charge in [0.25, 0.3) is 0 Å². The molecule has 1 aliphatic heterocycles. The Hall–Kier alpha value is -0.660. The van der Waals surface area contributed by atoms with Gasteiger partial charge in [-0.1, -0.05) is 0 Å². The van der Waals surface area contributed by atoms with Crippen LogP contribution in [0.25, 0.3) is 0 Å². The van der Waals surface area contributed by atoms with Crippen LogP contribution >= 0.6 is 23.8 Å². The molecule has 0 N–H and O–H groups in total. The first-order valence-corrected chi connectivity index (χ1v) is 6.93. The molecule has 0 aromatic rings. The quantitative estimate of drug-likeness (QED) is 0.265. The first-order valence-electron chi connectivity index (χ1n) is 5.04. The van der Waals surface area contributed by atoms with Gasteiger partial charge in [0.05, 0.1) is 12.4 Å². The monoisotopic (exact) mass is 335 g/mol. The summed E-state index contributed by atoms with van der Waals surface area (Å²) in [5.74, 6) is -1.95. The Labute approximate surface area is 120 Å². The molecule has 0 aliphatic carbocycles. The molecule has 1 rings (SSSR count). The zero-order valence-corrected chi connectivity index (χ0v) is 11.4. The SMILES string of the molecule is O=C(COC(=O)C(F)(F)SOO[O-])OC1CSCCO1. The highest BCUT2D eigenvalue weighted by atomic mass is 32.2. The number of halogens is 2. The standard InChI is InChI=1S/C8H10F2O8S2/c9-8(10,20-18-17-13)7(12)15-3-5(11)16-6-4-19-2-1-14-6/h6,13H,1-4H2/p-1. The number of thioether (sulfide) groups is 1. The zero-order chi connectivity index (χ0) is 15.0. The van der Waals surface area contributed by atoms with Crippen molar-refractivity contribution in [3.8, 4) is 0 Å². The third-order valence-corrected chi connectivity index (χ3v) is 3.24. The molecule has 1 aliphatic rings. The molecule has 0 spiro atoms. The Balaban J connectivity index is 2.27. The molecule has 0 aromatic carbocycles. The van der Waals surface area contributed by atoms with E-state index in [4.69, 9.17) is 9.47 Å². The van der Waals surface area contributed by atoms with E-state index in [0.29, 0.717) is 12.4 Å². The van der Waals surface area contributed by atoms with Crippen molar-refractivity contribution < 1.29 is 47.2 Å². The van der Waals surface area contributed by atoms with E-state index in [1.165, 1.54) is 11.8 Å². The van der Waals surface area contributed by atoms with Gasteiger partial charge in [-0.05, 0) is 0 Å². The molecule has 0 radical (unpaired) electrons. The van der Waals surface area contributed by atoms with E-state index in [-0.39, 0.29) is 0 Å². The predicted octanol–water partition coefficient (Wildman–Crippen LogP) is -0.373. The number of hydrogen-bond acceptors (Lipinski definition) is 10. The van der Waals surface area contributed by atoms with Crippen LogP contribution in [-0.2, 0) is 33.2 Å². The Bertz CT molecular complexity index is 336. The molecule has 8 nitrogen and oxygen atoms in total. The molecule has 1 heterocycles. The summed E-state index contributed by atoms with van der Waals surface area (Å²) in [6.07, 6.45) is -0.799. The normalized spacial score (nSPS) is 19.4. The topological polar surface area (TPSA) is 103 Å². The second-order valence-corrected chi connectivity index (χ2v) is 5.14. The summed E-state index contributed by atoms with van der Waals surface area (Å²) in [5.41, 5.74) is 0. The Morgan fingerprint density at radius 2 is 2.25 bits per heavy atom. The lowest BCUT2D eigenvalue weighted by Crippen LogP contribution is -2.33. The van der Waals surface area contributed by atoms with Crippen LogP contribution in [0.3, 0.4) is 0 Å². The van der Waals surface area contributed by atoms with Gasteiger partial charge in [-0.25, -0.2) is 9.59 Å². The van der Waals surface area contributed by atoms with Crippen molar-refractivity contribution in [2.45, 2.75) is 11.5 Å². The summed E-state index contributed by atoms with van der Waals surface area (Å²) in [4.78, 5) is 22.1. The van der Waals surface area contributed by atoms with Crippen molar-refractivity contribution in [1.82, 2.24) is 0 Å². The minimum Gasteiger partial charge on any atom is -0.691 e. The lowest BCUT2D eigenvalue weighted by Gasteiger charge is -2.22. The van der Waals surface area contributed by atoms with E-state index in [0.717, 1.165) is 5.75 Å². The van der Waals surface area contributed by atoms with Crippen LogP contribution in [-0.4, -0.2) is 48.2 Å². The van der Waals surface area contributed by atoms with Gasteiger partial charge in [-0.15, -0.1) is 0 Å². The first-order chi connectivity index (χ1) is 9.45. The molecular formula is C8H9F2O8S2-. The summed E-state index contributed by atoms with van der Waals surface area (Å²) in [6.45, 7) is -0.624. The van der Waals surface area contributed by atoms with Crippen molar-refractivity contribution in [3.05, 3.63) is 0 Å². The third-order valence-electron chi connectivity index (χ3n) is 1.77. The highest BCUT2D eigenvalue weighted by molar-refractivity contribution is 7.99. The lowest BCUT2D eigenvalue weighted by molar-refractivity contribution is -0.777. The number of alkyl halides is 2. The number of rotatable bonds is 7. The van der Waals surface area contributed by atoms with Crippen LogP contribution in [0.1, 0.15) is 0 Å². The highest BCUT2D eigenvalue weighted by Gasteiger charge is 2.44. The summed E-state index contributed by atoms with van der Waals surface area (Å²) < 4.78 is 42.9. The van der Waals surface area contributed by atoms with Gasteiger partial charge in [-0.3, -0.25) is 5.04 Å². The average molecular weight is 335 g/mol. The summed E-state index contributed by atoms with van der Waals surface area (Å²) >= 11 is 0.641. The van der Waals surface area contributed by atoms with E-state index in [9.17, 15) is 23.6 Å². The Morgan fingerprint density at radius 3 is 2.85 bits per heavy atom. The van der Waals surface area contributed by atoms with E-state index >= 15 is 0 Å². The minimum absolute atomic E-state index is 0.393. The van der Waals surface area contributed by atoms with Crippen LogP contribution in [0.2, 0.25) is 0 Å². The number of ether oxygens (including phenoxy) is 3. The summed E-state index contributed by atoms with van der Waals surface area (Å²) in [6, 6.07) is 0. The summed E-state index contributed by atoms with van der Waals surface area (Å²) in [5, 5.41) is 7.84. The smallest absolute Gasteiger partial charge is 0.415 e. The van der Waals surface area contributed by atoms with Gasteiger partial charge >= 0.3 is 17.2 Å². The third kappa shape index (κ3) is 6.19. The number of carbonyl (C=O) groups excluding carboxylic acids is 2. The molecule has 116 valence electrons. The molecular weight excluding hydrogens is 326 g/mol. The molecule has 1 fully saturated rings. The Kier molecular flexibility index (Phi) is 7.47. The van der Waals surface area contributed by atoms with Crippen LogP contribution in [0.4, 0.5) is 8.78 Å². The van der Waals surface area contributed by atoms with E-state index in [1.54, 1.807) is 0 Å². The van der Waals surface area contributed by atoms with Crippen molar-refractivity contribution in [2.24, 2.45) is 0 Å². The number of carbonyl (C=O) groups is 2. The second kappa shape index (κ2) is 8.59. The summed E-state index contributed by atoms with van der Waals surface area (Å²) in [7, 11) is 0. The van der Waals surface area contributed by atoms with Crippen molar-refractivity contribution in [3.63, 3.8) is 0 Å². The van der Waals surface area contributed by atoms with Gasteiger partial charge in [0.2, 0.25) is 6.29 Å². The van der Waals surface area contributed by atoms with Gasteiger partial charge in [0.1, 0.15) is 12.0 Å². The van der Waals surface area contributed by atoms with Gasteiger partial charge in [0, 0.05) is 5.75 Å². The fourth-order valence-electron chi connectivity index (χ4n) is 1.01. The minimum atomic E-state index is -4.19. The van der Waals surface area contributed by atoms with Crippen molar-refractivity contribution in [1.29, 1.82) is 0 Å². The fraction of sp³-hybridized carbons (Fsp3) is 0.750. The van der Waals surface area contributed by atoms with Crippen LogP contribution < -0.4 is 5.26 Å². The maximum absolute atomic E-state index is 12.9. The zero-order valence-electron chi connectivity index (χ0n) is 9.74. The largest absolute Gasteiger partial charge is 0.691 e. The number of esters is 2. The van der Waals surface area contributed by atoms with Crippen LogP contribution in [0.5, 0.6) is 0 Å². The van der Waals surface area contributed by atoms with E-state index < -0.39 is 42.1 Å². The van der Waals surface area contributed by atoms with Crippen molar-refractivity contribution >= 4 is 35.7 Å². The molecule has 1 unspecified atom stereocenters.